The van der Waals surface area contributed by atoms with E-state index in [9.17, 15) is 4.79 Å². The quantitative estimate of drug-likeness (QED) is 0.579. The fraction of sp³-hybridized carbons (Fsp3) is 0.348. The molecule has 2 nitrogen and oxygen atoms in total. The summed E-state index contributed by atoms with van der Waals surface area (Å²) in [5, 5.41) is 0. The van der Waals surface area contributed by atoms with Crippen LogP contribution in [-0.4, -0.2) is 12.6 Å². The summed E-state index contributed by atoms with van der Waals surface area (Å²) in [6.45, 7) is 6.81. The Morgan fingerprint density at radius 3 is 2.60 bits per heavy atom. The SMILES string of the molecule is CCOC(=O)c1ccc(C#Cc2cccc3c2C(C)(C)CCC3)cc1. The van der Waals surface area contributed by atoms with Crippen molar-refractivity contribution in [3.63, 3.8) is 0 Å². The van der Waals surface area contributed by atoms with E-state index in [4.69, 9.17) is 4.74 Å². The van der Waals surface area contributed by atoms with Gasteiger partial charge >= 0.3 is 5.97 Å². The third kappa shape index (κ3) is 3.77. The second-order valence-electron chi connectivity index (χ2n) is 7.12. The Kier molecular flexibility index (Phi) is 4.95. The lowest BCUT2D eigenvalue weighted by Crippen LogP contribution is -2.25. The zero-order chi connectivity index (χ0) is 17.9. The van der Waals surface area contributed by atoms with Crippen molar-refractivity contribution < 1.29 is 9.53 Å². The predicted molar refractivity (Wildman–Crippen MR) is 101 cm³/mol. The molecule has 0 spiro atoms. The summed E-state index contributed by atoms with van der Waals surface area (Å²) in [6.07, 6.45) is 3.58. The molecular weight excluding hydrogens is 308 g/mol. The van der Waals surface area contributed by atoms with Crippen molar-refractivity contribution in [1.82, 2.24) is 0 Å². The number of hydrogen-bond acceptors (Lipinski definition) is 2. The molecular formula is C23H24O2. The Hall–Kier alpha value is -2.53. The molecule has 0 aliphatic heterocycles. The summed E-state index contributed by atoms with van der Waals surface area (Å²) in [7, 11) is 0. The van der Waals surface area contributed by atoms with Gasteiger partial charge in [0, 0.05) is 11.1 Å². The fourth-order valence-electron chi connectivity index (χ4n) is 3.60. The molecule has 1 aliphatic carbocycles. The van der Waals surface area contributed by atoms with Crippen molar-refractivity contribution in [3.05, 3.63) is 70.3 Å². The number of rotatable bonds is 2. The zero-order valence-electron chi connectivity index (χ0n) is 15.2. The number of fused-ring (bicyclic) bond motifs is 1. The Balaban J connectivity index is 1.89. The molecule has 0 atom stereocenters. The van der Waals surface area contributed by atoms with Crippen LogP contribution in [-0.2, 0) is 16.6 Å². The van der Waals surface area contributed by atoms with Gasteiger partial charge in [-0.25, -0.2) is 4.79 Å². The minimum Gasteiger partial charge on any atom is -0.462 e. The second kappa shape index (κ2) is 7.15. The van der Waals surface area contributed by atoms with Crippen LogP contribution in [0.25, 0.3) is 0 Å². The van der Waals surface area contributed by atoms with Gasteiger partial charge in [0.15, 0.2) is 0 Å². The third-order valence-corrected chi connectivity index (χ3v) is 4.81. The predicted octanol–water partition coefficient (Wildman–Crippen LogP) is 4.88. The number of benzene rings is 2. The minimum atomic E-state index is -0.291. The fourth-order valence-corrected chi connectivity index (χ4v) is 3.60. The number of ether oxygens (including phenoxy) is 1. The first kappa shape index (κ1) is 17.3. The van der Waals surface area contributed by atoms with Gasteiger partial charge in [-0.05, 0) is 73.1 Å². The molecule has 0 bridgehead atoms. The number of hydrogen-bond donors (Lipinski definition) is 0. The smallest absolute Gasteiger partial charge is 0.338 e. The summed E-state index contributed by atoms with van der Waals surface area (Å²) in [5.74, 6) is 6.31. The van der Waals surface area contributed by atoms with E-state index >= 15 is 0 Å². The molecule has 2 heteroatoms. The molecule has 3 rings (SSSR count). The highest BCUT2D eigenvalue weighted by Gasteiger charge is 2.29. The Morgan fingerprint density at radius 1 is 1.12 bits per heavy atom. The first-order valence-corrected chi connectivity index (χ1v) is 8.93. The Bertz CT molecular complexity index is 833. The summed E-state index contributed by atoms with van der Waals surface area (Å²) >= 11 is 0. The van der Waals surface area contributed by atoms with E-state index in [0.29, 0.717) is 12.2 Å². The molecule has 0 radical (unpaired) electrons. The zero-order valence-corrected chi connectivity index (χ0v) is 15.2. The molecule has 1 aliphatic rings. The van der Waals surface area contributed by atoms with E-state index in [2.05, 4.69) is 43.9 Å². The second-order valence-corrected chi connectivity index (χ2v) is 7.12. The molecule has 0 heterocycles. The van der Waals surface area contributed by atoms with Crippen molar-refractivity contribution in [2.24, 2.45) is 0 Å². The summed E-state index contributed by atoms with van der Waals surface area (Å²) in [5.41, 5.74) is 5.59. The van der Waals surface area contributed by atoms with Crippen LogP contribution in [0.4, 0.5) is 0 Å². The lowest BCUT2D eigenvalue weighted by molar-refractivity contribution is 0.0526. The normalized spacial score (nSPS) is 14.8. The number of carbonyl (C=O) groups excluding carboxylic acids is 1. The van der Waals surface area contributed by atoms with Crippen molar-refractivity contribution in [2.45, 2.75) is 45.4 Å². The highest BCUT2D eigenvalue weighted by Crippen LogP contribution is 2.38. The Labute approximate surface area is 150 Å². The van der Waals surface area contributed by atoms with Crippen LogP contribution in [0.15, 0.2) is 42.5 Å². The van der Waals surface area contributed by atoms with E-state index < -0.39 is 0 Å². The van der Waals surface area contributed by atoms with Crippen LogP contribution < -0.4 is 0 Å². The van der Waals surface area contributed by atoms with Gasteiger partial charge in [-0.2, -0.15) is 0 Å². The van der Waals surface area contributed by atoms with Crippen LogP contribution in [0.3, 0.4) is 0 Å². The van der Waals surface area contributed by atoms with Gasteiger partial charge in [-0.3, -0.25) is 0 Å². The van der Waals surface area contributed by atoms with Crippen molar-refractivity contribution in [1.29, 1.82) is 0 Å². The van der Waals surface area contributed by atoms with Crippen LogP contribution >= 0.6 is 0 Å². The van der Waals surface area contributed by atoms with E-state index in [1.54, 1.807) is 19.1 Å². The maximum atomic E-state index is 11.7. The molecule has 0 aromatic heterocycles. The molecule has 0 N–H and O–H groups in total. The van der Waals surface area contributed by atoms with Gasteiger partial charge in [0.2, 0.25) is 0 Å². The maximum Gasteiger partial charge on any atom is 0.338 e. The molecule has 0 saturated heterocycles. The van der Waals surface area contributed by atoms with Gasteiger partial charge in [0.05, 0.1) is 12.2 Å². The van der Waals surface area contributed by atoms with E-state index in [1.807, 2.05) is 12.1 Å². The first-order chi connectivity index (χ1) is 12.0. The summed E-state index contributed by atoms with van der Waals surface area (Å²) in [4.78, 5) is 11.7. The standard InChI is InChI=1S/C23H24O2/c1-4-25-22(24)20-14-11-17(12-15-20)10-13-19-8-5-7-18-9-6-16-23(2,3)21(18)19/h5,7-8,11-12,14-15H,4,6,9,16H2,1-3H3. The Morgan fingerprint density at radius 2 is 1.88 bits per heavy atom. The van der Waals surface area contributed by atoms with Crippen molar-refractivity contribution in [3.8, 4) is 11.8 Å². The van der Waals surface area contributed by atoms with E-state index in [1.165, 1.54) is 24.0 Å². The van der Waals surface area contributed by atoms with Gasteiger partial charge < -0.3 is 4.74 Å². The van der Waals surface area contributed by atoms with E-state index in [-0.39, 0.29) is 11.4 Å². The summed E-state index contributed by atoms with van der Waals surface area (Å²) < 4.78 is 5.01. The van der Waals surface area contributed by atoms with Gasteiger partial charge in [-0.15, -0.1) is 0 Å². The van der Waals surface area contributed by atoms with E-state index in [0.717, 1.165) is 17.5 Å². The van der Waals surface area contributed by atoms with Crippen molar-refractivity contribution in [2.75, 3.05) is 6.61 Å². The third-order valence-electron chi connectivity index (χ3n) is 4.81. The lowest BCUT2D eigenvalue weighted by Gasteiger charge is -2.33. The highest BCUT2D eigenvalue weighted by molar-refractivity contribution is 5.89. The van der Waals surface area contributed by atoms with Gasteiger partial charge in [-0.1, -0.05) is 37.8 Å². The van der Waals surface area contributed by atoms with Crippen molar-refractivity contribution >= 4 is 5.97 Å². The molecule has 0 amide bonds. The first-order valence-electron chi connectivity index (χ1n) is 8.93. The van der Waals surface area contributed by atoms with Crippen LogP contribution in [0.1, 0.15) is 66.2 Å². The topological polar surface area (TPSA) is 26.3 Å². The lowest BCUT2D eigenvalue weighted by atomic mass is 9.71. The summed E-state index contributed by atoms with van der Waals surface area (Å²) in [6, 6.07) is 13.7. The number of carbonyl (C=O) groups is 1. The van der Waals surface area contributed by atoms with Crippen LogP contribution in [0, 0.1) is 11.8 Å². The molecule has 25 heavy (non-hydrogen) atoms. The minimum absolute atomic E-state index is 0.173. The largest absolute Gasteiger partial charge is 0.462 e. The average Bonchev–Trinajstić information content (AvgIpc) is 2.60. The number of esters is 1. The monoisotopic (exact) mass is 332 g/mol. The molecule has 0 saturated carbocycles. The van der Waals surface area contributed by atoms with Crippen LogP contribution in [0.2, 0.25) is 0 Å². The molecule has 2 aromatic carbocycles. The molecule has 0 unspecified atom stereocenters. The van der Waals surface area contributed by atoms with Crippen LogP contribution in [0.5, 0.6) is 0 Å². The van der Waals surface area contributed by atoms with Gasteiger partial charge in [0.1, 0.15) is 0 Å². The molecule has 128 valence electrons. The molecule has 0 fully saturated rings. The maximum absolute atomic E-state index is 11.7. The highest BCUT2D eigenvalue weighted by atomic mass is 16.5. The van der Waals surface area contributed by atoms with Gasteiger partial charge in [0.25, 0.3) is 0 Å². The number of aryl methyl sites for hydroxylation is 1. The molecule has 2 aromatic rings. The average molecular weight is 332 g/mol.